The molecule has 1 aliphatic rings. The highest BCUT2D eigenvalue weighted by atomic mass is 15.3. The molecule has 0 spiro atoms. The van der Waals surface area contributed by atoms with Crippen LogP contribution in [0.25, 0.3) is 0 Å². The van der Waals surface area contributed by atoms with E-state index in [1.54, 1.807) is 0 Å². The minimum Gasteiger partial charge on any atom is -0.326 e. The van der Waals surface area contributed by atoms with Crippen LogP contribution in [0.3, 0.4) is 0 Å². The van der Waals surface area contributed by atoms with Crippen molar-refractivity contribution in [2.24, 2.45) is 5.73 Å². The van der Waals surface area contributed by atoms with Crippen LogP contribution in [0.5, 0.6) is 0 Å². The smallest absolute Gasteiger partial charge is 0.0309 e. The fourth-order valence-electron chi connectivity index (χ4n) is 3.09. The summed E-state index contributed by atoms with van der Waals surface area (Å²) in [5.41, 5.74) is 6.75. The monoisotopic (exact) mass is 226 g/mol. The largest absolute Gasteiger partial charge is 0.326 e. The van der Waals surface area contributed by atoms with Gasteiger partial charge in [0, 0.05) is 17.1 Å². The zero-order chi connectivity index (χ0) is 12.4. The second-order valence-corrected chi connectivity index (χ2v) is 6.47. The molecule has 0 aliphatic carbocycles. The van der Waals surface area contributed by atoms with Gasteiger partial charge in [-0.15, -0.1) is 0 Å². The van der Waals surface area contributed by atoms with Gasteiger partial charge in [0.05, 0.1) is 0 Å². The van der Waals surface area contributed by atoms with Gasteiger partial charge in [0.1, 0.15) is 0 Å². The van der Waals surface area contributed by atoms with Gasteiger partial charge in [-0.1, -0.05) is 19.8 Å². The summed E-state index contributed by atoms with van der Waals surface area (Å²) in [6.07, 6.45) is 6.31. The normalized spacial score (nSPS) is 29.2. The van der Waals surface area contributed by atoms with Gasteiger partial charge in [0.2, 0.25) is 0 Å². The Kier molecular flexibility index (Phi) is 4.42. The predicted molar refractivity (Wildman–Crippen MR) is 71.6 cm³/mol. The molecule has 1 unspecified atom stereocenters. The average molecular weight is 226 g/mol. The lowest BCUT2D eigenvalue weighted by Crippen LogP contribution is -2.66. The van der Waals surface area contributed by atoms with Crippen LogP contribution in [0.15, 0.2) is 0 Å². The Morgan fingerprint density at radius 3 is 2.38 bits per heavy atom. The summed E-state index contributed by atoms with van der Waals surface area (Å²) >= 11 is 0. The van der Waals surface area contributed by atoms with E-state index in [0.717, 1.165) is 6.42 Å². The molecule has 2 N–H and O–H groups in total. The Morgan fingerprint density at radius 2 is 1.81 bits per heavy atom. The first-order chi connectivity index (χ1) is 7.32. The fraction of sp³-hybridized carbons (Fsp3) is 1.00. The lowest BCUT2D eigenvalue weighted by Gasteiger charge is -2.56. The van der Waals surface area contributed by atoms with E-state index in [2.05, 4.69) is 39.5 Å². The van der Waals surface area contributed by atoms with Gasteiger partial charge in [0.15, 0.2) is 0 Å². The quantitative estimate of drug-likeness (QED) is 0.746. The van der Waals surface area contributed by atoms with Crippen molar-refractivity contribution in [1.29, 1.82) is 0 Å². The van der Waals surface area contributed by atoms with Crippen LogP contribution in [0.4, 0.5) is 0 Å². The van der Waals surface area contributed by atoms with E-state index in [-0.39, 0.29) is 5.54 Å². The minimum absolute atomic E-state index is 0.148. The summed E-state index contributed by atoms with van der Waals surface area (Å²) in [5, 5.41) is 0. The van der Waals surface area contributed by atoms with Crippen molar-refractivity contribution < 1.29 is 0 Å². The molecule has 2 heteroatoms. The Hall–Kier alpha value is -0.0800. The lowest BCUT2D eigenvalue weighted by atomic mass is 9.76. The van der Waals surface area contributed by atoms with Crippen molar-refractivity contribution in [3.8, 4) is 0 Å². The average Bonchev–Trinajstić information content (AvgIpc) is 2.18. The Balaban J connectivity index is 2.71. The Bertz CT molecular complexity index is 221. The maximum Gasteiger partial charge on any atom is 0.0309 e. The Labute approximate surface area is 102 Å². The summed E-state index contributed by atoms with van der Waals surface area (Å²) in [6, 6.07) is 0.321. The molecule has 0 bridgehead atoms. The van der Waals surface area contributed by atoms with Gasteiger partial charge >= 0.3 is 0 Å². The van der Waals surface area contributed by atoms with Gasteiger partial charge < -0.3 is 5.73 Å². The van der Waals surface area contributed by atoms with E-state index < -0.39 is 0 Å². The molecular formula is C14H30N2. The van der Waals surface area contributed by atoms with Crippen molar-refractivity contribution in [3.63, 3.8) is 0 Å². The number of likely N-dealkylation sites (tertiary alicyclic amines) is 1. The highest BCUT2D eigenvalue weighted by Gasteiger charge is 2.44. The lowest BCUT2D eigenvalue weighted by molar-refractivity contribution is -0.0403. The van der Waals surface area contributed by atoms with Gasteiger partial charge in [-0.3, -0.25) is 4.90 Å². The van der Waals surface area contributed by atoms with Crippen LogP contribution in [0.2, 0.25) is 0 Å². The third-order valence-electron chi connectivity index (χ3n) is 4.39. The number of nitrogens with zero attached hydrogens (tertiary/aromatic N) is 1. The topological polar surface area (TPSA) is 29.3 Å². The van der Waals surface area contributed by atoms with E-state index in [1.807, 2.05) is 0 Å². The van der Waals surface area contributed by atoms with Crippen LogP contribution in [-0.4, -0.2) is 28.6 Å². The number of nitrogens with two attached hydrogens (primary N) is 1. The molecule has 1 saturated heterocycles. The standard InChI is InChI=1S/C14H30N2/c1-6-7-8-11-16-13(2,3)10-9-12(15)14(16,4)5/h12H,6-11,15H2,1-5H3. The number of hydrogen-bond donors (Lipinski definition) is 1. The van der Waals surface area contributed by atoms with Crippen molar-refractivity contribution in [1.82, 2.24) is 4.90 Å². The fourth-order valence-corrected chi connectivity index (χ4v) is 3.09. The van der Waals surface area contributed by atoms with Gasteiger partial charge in [-0.05, 0) is 53.5 Å². The molecule has 1 heterocycles. The maximum absolute atomic E-state index is 6.29. The molecule has 0 radical (unpaired) electrons. The van der Waals surface area contributed by atoms with Crippen molar-refractivity contribution in [3.05, 3.63) is 0 Å². The molecule has 0 aromatic carbocycles. The summed E-state index contributed by atoms with van der Waals surface area (Å²) in [7, 11) is 0. The first kappa shape index (κ1) is 14.0. The van der Waals surface area contributed by atoms with E-state index in [9.17, 15) is 0 Å². The van der Waals surface area contributed by atoms with Crippen molar-refractivity contribution in [2.45, 2.75) is 83.8 Å². The molecule has 1 rings (SSSR count). The zero-order valence-electron chi connectivity index (χ0n) is 11.8. The number of unbranched alkanes of at least 4 members (excludes halogenated alkanes) is 2. The van der Waals surface area contributed by atoms with Crippen LogP contribution in [0.1, 0.15) is 66.7 Å². The molecular weight excluding hydrogens is 196 g/mol. The van der Waals surface area contributed by atoms with Crippen molar-refractivity contribution in [2.75, 3.05) is 6.54 Å². The maximum atomic E-state index is 6.29. The third kappa shape index (κ3) is 2.78. The summed E-state index contributed by atoms with van der Waals surface area (Å²) in [5.74, 6) is 0. The van der Waals surface area contributed by atoms with Gasteiger partial charge in [-0.2, -0.15) is 0 Å². The second-order valence-electron chi connectivity index (χ2n) is 6.47. The molecule has 0 aromatic rings. The van der Waals surface area contributed by atoms with E-state index in [1.165, 1.54) is 32.2 Å². The van der Waals surface area contributed by atoms with E-state index in [4.69, 9.17) is 5.73 Å². The van der Waals surface area contributed by atoms with Crippen LogP contribution >= 0.6 is 0 Å². The summed E-state index contributed by atoms with van der Waals surface area (Å²) < 4.78 is 0. The van der Waals surface area contributed by atoms with Crippen LogP contribution in [-0.2, 0) is 0 Å². The Morgan fingerprint density at radius 1 is 1.19 bits per heavy atom. The van der Waals surface area contributed by atoms with Crippen LogP contribution in [0, 0.1) is 0 Å². The SMILES string of the molecule is CCCCCN1C(C)(C)CCC(N)C1(C)C. The first-order valence-corrected chi connectivity index (χ1v) is 6.85. The van der Waals surface area contributed by atoms with E-state index >= 15 is 0 Å². The first-order valence-electron chi connectivity index (χ1n) is 6.85. The number of piperidine rings is 1. The van der Waals surface area contributed by atoms with Gasteiger partial charge in [0.25, 0.3) is 0 Å². The highest BCUT2D eigenvalue weighted by Crippen LogP contribution is 2.37. The third-order valence-corrected chi connectivity index (χ3v) is 4.39. The van der Waals surface area contributed by atoms with Gasteiger partial charge in [-0.25, -0.2) is 0 Å². The second kappa shape index (κ2) is 5.05. The minimum atomic E-state index is 0.148. The molecule has 1 atom stereocenters. The molecule has 0 saturated carbocycles. The number of rotatable bonds is 4. The van der Waals surface area contributed by atoms with Crippen LogP contribution < -0.4 is 5.73 Å². The molecule has 0 aromatic heterocycles. The molecule has 1 aliphatic heterocycles. The molecule has 96 valence electrons. The highest BCUT2D eigenvalue weighted by molar-refractivity contribution is 5.03. The number of hydrogen-bond acceptors (Lipinski definition) is 2. The van der Waals surface area contributed by atoms with E-state index in [0.29, 0.717) is 11.6 Å². The summed E-state index contributed by atoms with van der Waals surface area (Å²) in [6.45, 7) is 12.8. The summed E-state index contributed by atoms with van der Waals surface area (Å²) in [4.78, 5) is 2.64. The molecule has 0 amide bonds. The molecule has 1 fully saturated rings. The predicted octanol–water partition coefficient (Wildman–Crippen LogP) is 3.16. The van der Waals surface area contributed by atoms with Crippen molar-refractivity contribution >= 4 is 0 Å². The molecule has 16 heavy (non-hydrogen) atoms. The molecule has 2 nitrogen and oxygen atoms in total. The zero-order valence-corrected chi connectivity index (χ0v) is 11.8.